The molecule has 0 atom stereocenters. The van der Waals surface area contributed by atoms with Crippen molar-refractivity contribution in [3.8, 4) is 16.3 Å². The summed E-state index contributed by atoms with van der Waals surface area (Å²) < 4.78 is 11.0. The first kappa shape index (κ1) is 16.3. The lowest BCUT2D eigenvalue weighted by Gasteiger charge is -2.12. The second kappa shape index (κ2) is 7.31. The van der Waals surface area contributed by atoms with E-state index in [0.717, 1.165) is 16.3 Å². The summed E-state index contributed by atoms with van der Waals surface area (Å²) in [5.74, 6) is 1.25. The fourth-order valence-corrected chi connectivity index (χ4v) is 3.00. The van der Waals surface area contributed by atoms with Gasteiger partial charge in [0, 0.05) is 5.38 Å². The van der Waals surface area contributed by atoms with Gasteiger partial charge < -0.3 is 14.5 Å². The summed E-state index contributed by atoms with van der Waals surface area (Å²) in [6.45, 7) is 4.30. The molecule has 0 saturated carbocycles. The maximum Gasteiger partial charge on any atom is 0.271 e. The van der Waals surface area contributed by atoms with Crippen molar-refractivity contribution in [2.45, 2.75) is 26.5 Å². The summed E-state index contributed by atoms with van der Waals surface area (Å²) in [7, 11) is 0. The lowest BCUT2D eigenvalue weighted by Crippen LogP contribution is -2.22. The molecule has 0 unspecified atom stereocenters. The summed E-state index contributed by atoms with van der Waals surface area (Å²) in [6.07, 6.45) is 1.65. The predicted octanol–water partition coefficient (Wildman–Crippen LogP) is 4.12. The molecule has 1 aromatic carbocycles. The highest BCUT2D eigenvalue weighted by Gasteiger charge is 2.15. The molecule has 3 aromatic rings. The van der Waals surface area contributed by atoms with Crippen LogP contribution in [0.4, 0.5) is 0 Å². The van der Waals surface area contributed by atoms with Gasteiger partial charge in [-0.15, -0.1) is 11.3 Å². The first-order valence-electron chi connectivity index (χ1n) is 7.65. The minimum absolute atomic E-state index is 0.0715. The Morgan fingerprint density at radius 2 is 2.12 bits per heavy atom. The van der Waals surface area contributed by atoms with E-state index in [1.54, 1.807) is 17.7 Å². The van der Waals surface area contributed by atoms with Crippen LogP contribution in [-0.4, -0.2) is 17.0 Å². The Balaban J connectivity index is 1.74. The minimum Gasteiger partial charge on any atom is -0.490 e. The van der Waals surface area contributed by atoms with E-state index >= 15 is 0 Å². The second-order valence-corrected chi connectivity index (χ2v) is 6.32. The molecule has 124 valence electrons. The third kappa shape index (κ3) is 3.83. The number of ether oxygens (including phenoxy) is 1. The zero-order chi connectivity index (χ0) is 16.9. The molecule has 0 aliphatic rings. The van der Waals surface area contributed by atoms with Gasteiger partial charge in [0.1, 0.15) is 22.2 Å². The van der Waals surface area contributed by atoms with E-state index in [9.17, 15) is 4.79 Å². The number of amides is 1. The van der Waals surface area contributed by atoms with E-state index < -0.39 is 0 Å². The summed E-state index contributed by atoms with van der Waals surface area (Å²) in [4.78, 5) is 16.7. The van der Waals surface area contributed by atoms with Gasteiger partial charge >= 0.3 is 0 Å². The molecule has 0 bridgehead atoms. The standard InChI is InChI=1S/C18H18N2O3S/c1-12(2)23-16-8-4-3-7-14(16)18-20-15(11-24-18)17(21)19-10-13-6-5-9-22-13/h3-9,11-12H,10H2,1-2H3,(H,19,21). The van der Waals surface area contributed by atoms with Gasteiger partial charge in [-0.25, -0.2) is 4.98 Å². The van der Waals surface area contributed by atoms with Gasteiger partial charge in [-0.2, -0.15) is 0 Å². The third-order valence-electron chi connectivity index (χ3n) is 3.22. The highest BCUT2D eigenvalue weighted by Crippen LogP contribution is 2.32. The van der Waals surface area contributed by atoms with Crippen molar-refractivity contribution >= 4 is 17.2 Å². The number of nitrogens with zero attached hydrogens (tertiary/aromatic N) is 1. The molecule has 0 fully saturated rings. The van der Waals surface area contributed by atoms with Crippen molar-refractivity contribution < 1.29 is 13.9 Å². The lowest BCUT2D eigenvalue weighted by atomic mass is 10.2. The number of rotatable bonds is 6. The Morgan fingerprint density at radius 1 is 1.29 bits per heavy atom. The van der Waals surface area contributed by atoms with Crippen molar-refractivity contribution in [3.05, 3.63) is 59.5 Å². The van der Waals surface area contributed by atoms with Crippen LogP contribution in [0.15, 0.2) is 52.5 Å². The number of para-hydroxylation sites is 1. The fraction of sp³-hybridized carbons (Fsp3) is 0.222. The fourth-order valence-electron chi connectivity index (χ4n) is 2.17. The summed E-state index contributed by atoms with van der Waals surface area (Å²) in [5.41, 5.74) is 1.28. The maximum absolute atomic E-state index is 12.2. The molecule has 2 aromatic heterocycles. The molecule has 2 heterocycles. The van der Waals surface area contributed by atoms with Crippen molar-refractivity contribution in [2.24, 2.45) is 0 Å². The Hall–Kier alpha value is -2.60. The van der Waals surface area contributed by atoms with E-state index in [4.69, 9.17) is 9.15 Å². The number of nitrogens with one attached hydrogen (secondary N) is 1. The molecule has 1 N–H and O–H groups in total. The zero-order valence-electron chi connectivity index (χ0n) is 13.5. The Bertz CT molecular complexity index is 809. The third-order valence-corrected chi connectivity index (χ3v) is 4.10. The number of benzene rings is 1. The van der Waals surface area contributed by atoms with E-state index in [2.05, 4.69) is 10.3 Å². The smallest absolute Gasteiger partial charge is 0.271 e. The van der Waals surface area contributed by atoms with Crippen LogP contribution in [0, 0.1) is 0 Å². The first-order chi connectivity index (χ1) is 11.6. The van der Waals surface area contributed by atoms with E-state index in [-0.39, 0.29) is 12.0 Å². The molecule has 0 aliphatic heterocycles. The van der Waals surface area contributed by atoms with Gasteiger partial charge in [0.25, 0.3) is 5.91 Å². The van der Waals surface area contributed by atoms with Gasteiger partial charge in [0.05, 0.1) is 24.5 Å². The number of carbonyl (C=O) groups excluding carboxylic acids is 1. The summed E-state index contributed by atoms with van der Waals surface area (Å²) >= 11 is 1.42. The van der Waals surface area contributed by atoms with Crippen LogP contribution < -0.4 is 10.1 Å². The van der Waals surface area contributed by atoms with Gasteiger partial charge in [-0.3, -0.25) is 4.79 Å². The van der Waals surface area contributed by atoms with Gasteiger partial charge in [-0.1, -0.05) is 12.1 Å². The zero-order valence-corrected chi connectivity index (χ0v) is 14.3. The van der Waals surface area contributed by atoms with Crippen LogP contribution in [0.25, 0.3) is 10.6 Å². The highest BCUT2D eigenvalue weighted by molar-refractivity contribution is 7.13. The topological polar surface area (TPSA) is 64.4 Å². The first-order valence-corrected chi connectivity index (χ1v) is 8.53. The maximum atomic E-state index is 12.2. The number of hydrogen-bond acceptors (Lipinski definition) is 5. The number of furan rings is 1. The normalized spacial score (nSPS) is 10.8. The Labute approximate surface area is 144 Å². The van der Waals surface area contributed by atoms with Crippen LogP contribution in [0.3, 0.4) is 0 Å². The van der Waals surface area contributed by atoms with Crippen LogP contribution in [0.1, 0.15) is 30.1 Å². The van der Waals surface area contributed by atoms with Crippen LogP contribution in [0.5, 0.6) is 5.75 Å². The quantitative estimate of drug-likeness (QED) is 0.732. The molecular formula is C18H18N2O3S. The molecule has 0 spiro atoms. The molecule has 0 radical (unpaired) electrons. The monoisotopic (exact) mass is 342 g/mol. The van der Waals surface area contributed by atoms with Crippen molar-refractivity contribution in [2.75, 3.05) is 0 Å². The van der Waals surface area contributed by atoms with Crippen molar-refractivity contribution in [1.29, 1.82) is 0 Å². The molecule has 0 aliphatic carbocycles. The molecule has 3 rings (SSSR count). The Kier molecular flexibility index (Phi) is 4.96. The van der Waals surface area contributed by atoms with Gasteiger partial charge in [0.2, 0.25) is 0 Å². The summed E-state index contributed by atoms with van der Waals surface area (Å²) in [6, 6.07) is 11.3. The highest BCUT2D eigenvalue weighted by atomic mass is 32.1. The van der Waals surface area contributed by atoms with E-state index in [1.807, 2.05) is 44.2 Å². The average molecular weight is 342 g/mol. The number of hydrogen-bond donors (Lipinski definition) is 1. The van der Waals surface area contributed by atoms with Crippen molar-refractivity contribution in [1.82, 2.24) is 10.3 Å². The molecule has 0 saturated heterocycles. The van der Waals surface area contributed by atoms with E-state index in [1.165, 1.54) is 11.3 Å². The lowest BCUT2D eigenvalue weighted by molar-refractivity contribution is 0.0944. The van der Waals surface area contributed by atoms with Crippen molar-refractivity contribution in [3.63, 3.8) is 0 Å². The number of thiazole rings is 1. The molecule has 24 heavy (non-hydrogen) atoms. The number of aromatic nitrogens is 1. The second-order valence-electron chi connectivity index (χ2n) is 5.46. The van der Waals surface area contributed by atoms with Crippen LogP contribution >= 0.6 is 11.3 Å². The van der Waals surface area contributed by atoms with Crippen LogP contribution in [0.2, 0.25) is 0 Å². The minimum atomic E-state index is -0.226. The SMILES string of the molecule is CC(C)Oc1ccccc1-c1nc(C(=O)NCc2ccco2)cs1. The van der Waals surface area contributed by atoms with Crippen LogP contribution in [-0.2, 0) is 6.54 Å². The molecule has 5 nitrogen and oxygen atoms in total. The molecular weight excluding hydrogens is 324 g/mol. The predicted molar refractivity (Wildman–Crippen MR) is 93.2 cm³/mol. The summed E-state index contributed by atoms with van der Waals surface area (Å²) in [5, 5.41) is 5.30. The van der Waals surface area contributed by atoms with E-state index in [0.29, 0.717) is 18.0 Å². The molecule has 6 heteroatoms. The Morgan fingerprint density at radius 3 is 2.88 bits per heavy atom. The average Bonchev–Trinajstić information content (AvgIpc) is 3.24. The van der Waals surface area contributed by atoms with Gasteiger partial charge in [0.15, 0.2) is 0 Å². The number of carbonyl (C=O) groups is 1. The molecule has 1 amide bonds. The largest absolute Gasteiger partial charge is 0.490 e. The van der Waals surface area contributed by atoms with Gasteiger partial charge in [-0.05, 0) is 38.1 Å².